The summed E-state index contributed by atoms with van der Waals surface area (Å²) < 4.78 is 19.1. The highest BCUT2D eigenvalue weighted by atomic mass is 32.2. The predicted octanol–water partition coefficient (Wildman–Crippen LogP) is 4.32. The number of allylic oxidation sites excluding steroid dienone is 1. The summed E-state index contributed by atoms with van der Waals surface area (Å²) in [6, 6.07) is 12.8. The van der Waals surface area contributed by atoms with Gasteiger partial charge >= 0.3 is 5.97 Å². The summed E-state index contributed by atoms with van der Waals surface area (Å²) in [7, 11) is 0. The SMILES string of the molecule is CCOC(=O)C1=C(C)N=c2s/c(=C\c3ccc(SC)cc3)c(=O)n2[C@@H]1c1ccc(OCC)c(OCC)c1. The zero-order valence-corrected chi connectivity index (χ0v) is 23.2. The van der Waals surface area contributed by atoms with Crippen molar-refractivity contribution < 1.29 is 19.0 Å². The van der Waals surface area contributed by atoms with Crippen LogP contribution in [0, 0.1) is 0 Å². The van der Waals surface area contributed by atoms with Crippen LogP contribution in [-0.4, -0.2) is 36.6 Å². The lowest BCUT2D eigenvalue weighted by atomic mass is 9.95. The Labute approximate surface area is 224 Å². The van der Waals surface area contributed by atoms with E-state index in [-0.39, 0.29) is 12.2 Å². The van der Waals surface area contributed by atoms with Crippen LogP contribution in [-0.2, 0) is 9.53 Å². The number of nitrogens with zero attached hydrogens (tertiary/aromatic N) is 2. The molecule has 2 heterocycles. The first kappa shape index (κ1) is 26.8. The van der Waals surface area contributed by atoms with Crippen molar-refractivity contribution in [2.24, 2.45) is 4.99 Å². The fraction of sp³-hybridized carbons (Fsp3) is 0.321. The highest BCUT2D eigenvalue weighted by Crippen LogP contribution is 2.36. The number of carbonyl (C=O) groups excluding carboxylic acids is 1. The van der Waals surface area contributed by atoms with E-state index in [0.717, 1.165) is 10.5 Å². The second-order valence-electron chi connectivity index (χ2n) is 8.15. The van der Waals surface area contributed by atoms with Crippen LogP contribution >= 0.6 is 23.1 Å². The third kappa shape index (κ3) is 5.52. The molecule has 4 rings (SSSR count). The highest BCUT2D eigenvalue weighted by Gasteiger charge is 2.34. The summed E-state index contributed by atoms with van der Waals surface area (Å²) in [6.07, 6.45) is 3.88. The molecule has 1 aromatic heterocycles. The van der Waals surface area contributed by atoms with Crippen LogP contribution in [0.1, 0.15) is 44.9 Å². The Balaban J connectivity index is 1.92. The Hall–Kier alpha value is -3.30. The van der Waals surface area contributed by atoms with Gasteiger partial charge in [-0.05, 0) is 75.4 Å². The van der Waals surface area contributed by atoms with Gasteiger partial charge in [-0.1, -0.05) is 29.5 Å². The molecule has 0 bridgehead atoms. The van der Waals surface area contributed by atoms with Crippen molar-refractivity contribution in [2.75, 3.05) is 26.1 Å². The lowest BCUT2D eigenvalue weighted by molar-refractivity contribution is -0.139. The Morgan fingerprint density at radius 3 is 2.41 bits per heavy atom. The zero-order chi connectivity index (χ0) is 26.5. The van der Waals surface area contributed by atoms with Gasteiger partial charge in [0, 0.05) is 4.90 Å². The molecule has 7 nitrogen and oxygen atoms in total. The number of hydrogen-bond donors (Lipinski definition) is 0. The van der Waals surface area contributed by atoms with Gasteiger partial charge in [-0.3, -0.25) is 9.36 Å². The highest BCUT2D eigenvalue weighted by molar-refractivity contribution is 7.98. The van der Waals surface area contributed by atoms with Crippen LogP contribution in [0.2, 0.25) is 0 Å². The van der Waals surface area contributed by atoms with Gasteiger partial charge in [0.25, 0.3) is 5.56 Å². The second kappa shape index (κ2) is 11.8. The van der Waals surface area contributed by atoms with Crippen LogP contribution in [0.25, 0.3) is 6.08 Å². The predicted molar refractivity (Wildman–Crippen MR) is 147 cm³/mol. The van der Waals surface area contributed by atoms with E-state index in [1.54, 1.807) is 30.2 Å². The average molecular weight is 539 g/mol. The summed E-state index contributed by atoms with van der Waals surface area (Å²) in [5.74, 6) is 0.658. The number of rotatable bonds is 9. The normalized spacial score (nSPS) is 15.3. The van der Waals surface area contributed by atoms with Gasteiger partial charge in [-0.2, -0.15) is 0 Å². The van der Waals surface area contributed by atoms with Crippen molar-refractivity contribution in [1.82, 2.24) is 4.57 Å². The molecule has 0 amide bonds. The van der Waals surface area contributed by atoms with Crippen LogP contribution in [0.3, 0.4) is 0 Å². The minimum atomic E-state index is -0.716. The van der Waals surface area contributed by atoms with Crippen molar-refractivity contribution in [2.45, 2.75) is 38.6 Å². The number of aromatic nitrogens is 1. The van der Waals surface area contributed by atoms with Crippen LogP contribution in [0.4, 0.5) is 0 Å². The molecule has 0 saturated carbocycles. The first-order valence-electron chi connectivity index (χ1n) is 12.1. The van der Waals surface area contributed by atoms with Crippen molar-refractivity contribution in [3.8, 4) is 11.5 Å². The van der Waals surface area contributed by atoms with Gasteiger partial charge in [0.1, 0.15) is 0 Å². The number of ether oxygens (including phenoxy) is 3. The van der Waals surface area contributed by atoms with Gasteiger partial charge in [0.05, 0.1) is 41.7 Å². The second-order valence-corrected chi connectivity index (χ2v) is 10.0. The molecule has 0 N–H and O–H groups in total. The molecule has 2 aromatic carbocycles. The summed E-state index contributed by atoms with van der Waals surface area (Å²) in [4.78, 5) is 33.2. The van der Waals surface area contributed by atoms with Crippen molar-refractivity contribution in [1.29, 1.82) is 0 Å². The van der Waals surface area contributed by atoms with Gasteiger partial charge in [0.2, 0.25) is 0 Å². The maximum Gasteiger partial charge on any atom is 0.338 e. The standard InChI is InChI=1S/C28H30N2O5S2/c1-6-33-21-14-11-19(16-22(21)34-7-2)25-24(27(32)35-8-3)17(4)29-28-30(25)26(31)23(37-28)15-18-9-12-20(36-5)13-10-18/h9-16,25H,6-8H2,1-5H3/b23-15-/t25-/m1/s1. The van der Waals surface area contributed by atoms with Crippen LogP contribution in [0.15, 0.2) is 68.4 Å². The molecule has 0 aliphatic carbocycles. The summed E-state index contributed by atoms with van der Waals surface area (Å²) in [5, 5.41) is 0. The third-order valence-electron chi connectivity index (χ3n) is 5.81. The van der Waals surface area contributed by atoms with Crippen molar-refractivity contribution in [3.05, 3.63) is 84.5 Å². The van der Waals surface area contributed by atoms with E-state index in [1.165, 1.54) is 11.3 Å². The lowest BCUT2D eigenvalue weighted by Gasteiger charge is -2.25. The molecular formula is C28H30N2O5S2. The molecule has 9 heteroatoms. The Morgan fingerprint density at radius 1 is 1.05 bits per heavy atom. The van der Waals surface area contributed by atoms with Gasteiger partial charge < -0.3 is 14.2 Å². The fourth-order valence-corrected chi connectivity index (χ4v) is 5.65. The van der Waals surface area contributed by atoms with Gasteiger partial charge in [0.15, 0.2) is 16.3 Å². The van der Waals surface area contributed by atoms with E-state index in [0.29, 0.717) is 50.9 Å². The van der Waals surface area contributed by atoms with Crippen LogP contribution < -0.4 is 24.4 Å². The average Bonchev–Trinajstić information content (AvgIpc) is 3.19. The Kier molecular flexibility index (Phi) is 8.56. The van der Waals surface area contributed by atoms with E-state index >= 15 is 0 Å². The Bertz CT molecular complexity index is 1500. The molecule has 37 heavy (non-hydrogen) atoms. The summed E-state index contributed by atoms with van der Waals surface area (Å²) >= 11 is 2.96. The minimum Gasteiger partial charge on any atom is -0.490 e. The molecule has 194 valence electrons. The number of hydrogen-bond acceptors (Lipinski definition) is 8. The van der Waals surface area contributed by atoms with E-state index < -0.39 is 12.0 Å². The van der Waals surface area contributed by atoms with Crippen molar-refractivity contribution >= 4 is 35.1 Å². The molecule has 1 aliphatic rings. The van der Waals surface area contributed by atoms with E-state index in [4.69, 9.17) is 14.2 Å². The molecule has 0 unspecified atom stereocenters. The summed E-state index contributed by atoms with van der Waals surface area (Å²) in [6.45, 7) is 8.47. The first-order chi connectivity index (χ1) is 17.9. The van der Waals surface area contributed by atoms with Crippen LogP contribution in [0.5, 0.6) is 11.5 Å². The first-order valence-corrected chi connectivity index (χ1v) is 14.2. The molecule has 0 spiro atoms. The largest absolute Gasteiger partial charge is 0.490 e. The molecular weight excluding hydrogens is 508 g/mol. The number of benzene rings is 2. The fourth-order valence-electron chi connectivity index (χ4n) is 4.20. The smallest absolute Gasteiger partial charge is 0.338 e. The van der Waals surface area contributed by atoms with E-state index in [2.05, 4.69) is 4.99 Å². The maximum atomic E-state index is 13.8. The quantitative estimate of drug-likeness (QED) is 0.298. The number of thioether (sulfide) groups is 1. The van der Waals surface area contributed by atoms with Gasteiger partial charge in [-0.25, -0.2) is 9.79 Å². The monoisotopic (exact) mass is 538 g/mol. The lowest BCUT2D eigenvalue weighted by Crippen LogP contribution is -2.40. The topological polar surface area (TPSA) is 79.1 Å². The number of carbonyl (C=O) groups is 1. The van der Waals surface area contributed by atoms with Crippen molar-refractivity contribution in [3.63, 3.8) is 0 Å². The molecule has 3 aromatic rings. The number of thiazole rings is 1. The minimum absolute atomic E-state index is 0.215. The third-order valence-corrected chi connectivity index (χ3v) is 7.54. The number of esters is 1. The molecule has 0 saturated heterocycles. The van der Waals surface area contributed by atoms with Gasteiger partial charge in [-0.15, -0.1) is 11.8 Å². The molecule has 1 aliphatic heterocycles. The maximum absolute atomic E-state index is 13.8. The number of fused-ring (bicyclic) bond motifs is 1. The molecule has 1 atom stereocenters. The summed E-state index contributed by atoms with van der Waals surface area (Å²) in [5.41, 5.74) is 2.26. The molecule has 0 fully saturated rings. The molecule has 0 radical (unpaired) electrons. The van der Waals surface area contributed by atoms with E-state index in [1.807, 2.05) is 68.6 Å². The Morgan fingerprint density at radius 2 is 1.76 bits per heavy atom. The zero-order valence-electron chi connectivity index (χ0n) is 21.6. The van der Waals surface area contributed by atoms with E-state index in [9.17, 15) is 9.59 Å².